The van der Waals surface area contributed by atoms with Crippen LogP contribution in [-0.4, -0.2) is 23.3 Å². The summed E-state index contributed by atoms with van der Waals surface area (Å²) in [6, 6.07) is 1.96. The van der Waals surface area contributed by atoms with Crippen molar-refractivity contribution in [2.45, 2.75) is 45.8 Å². The maximum atomic E-state index is 5.94. The molecule has 0 bridgehead atoms. The van der Waals surface area contributed by atoms with Crippen molar-refractivity contribution >= 4 is 30.8 Å². The number of halogens is 1. The monoisotopic (exact) mass is 270 g/mol. The molecule has 1 fully saturated rings. The molecule has 1 aliphatic rings. The third-order valence-electron chi connectivity index (χ3n) is 3.67. The fourth-order valence-electron chi connectivity index (χ4n) is 1.72. The van der Waals surface area contributed by atoms with Gasteiger partial charge in [0.25, 0.3) is 0 Å². The van der Waals surface area contributed by atoms with Crippen LogP contribution in [-0.2, 0) is 9.31 Å². The lowest BCUT2D eigenvalue weighted by molar-refractivity contribution is 0.00578. The molecule has 0 unspecified atom stereocenters. The predicted molar refractivity (Wildman–Crippen MR) is 76.4 cm³/mol. The van der Waals surface area contributed by atoms with Gasteiger partial charge in [-0.25, -0.2) is 4.98 Å². The number of nitrogen functional groups attached to an aromatic ring is 1. The van der Waals surface area contributed by atoms with E-state index in [1.54, 1.807) is 6.20 Å². The molecule has 4 nitrogen and oxygen atoms in total. The van der Waals surface area contributed by atoms with Crippen molar-refractivity contribution in [1.82, 2.24) is 4.98 Å². The van der Waals surface area contributed by atoms with Gasteiger partial charge in [0.15, 0.2) is 0 Å². The number of rotatable bonds is 1. The number of nitrogens with zero attached hydrogens (tertiary/aromatic N) is 1. The molecule has 1 aromatic rings. The Hall–Kier alpha value is -0.775. The average Bonchev–Trinajstić information content (AvgIpc) is 2.41. The van der Waals surface area contributed by atoms with Crippen LogP contribution in [0.25, 0.3) is 0 Å². The second-order valence-corrected chi connectivity index (χ2v) is 5.56. The van der Waals surface area contributed by atoms with E-state index in [1.165, 1.54) is 0 Å². The van der Waals surface area contributed by atoms with Gasteiger partial charge in [-0.2, -0.15) is 0 Å². The van der Waals surface area contributed by atoms with Crippen molar-refractivity contribution in [2.75, 3.05) is 5.73 Å². The van der Waals surface area contributed by atoms with E-state index < -0.39 is 0 Å². The number of pyridine rings is 1. The zero-order valence-corrected chi connectivity index (χ0v) is 12.3. The highest BCUT2D eigenvalue weighted by Gasteiger charge is 2.51. The number of hydrogen-bond acceptors (Lipinski definition) is 4. The molecular weight excluding hydrogens is 250 g/mol. The highest BCUT2D eigenvalue weighted by molar-refractivity contribution is 6.62. The third kappa shape index (κ3) is 2.48. The smallest absolute Gasteiger partial charge is 0.399 e. The molecule has 6 heteroatoms. The molecule has 2 N–H and O–H groups in total. The lowest BCUT2D eigenvalue weighted by atomic mass is 9.80. The highest BCUT2D eigenvalue weighted by atomic mass is 35.5. The molecule has 0 spiro atoms. The number of nitrogens with two attached hydrogens (primary N) is 1. The van der Waals surface area contributed by atoms with E-state index in [4.69, 9.17) is 15.0 Å². The van der Waals surface area contributed by atoms with Crippen molar-refractivity contribution in [3.8, 4) is 0 Å². The Labute approximate surface area is 115 Å². The van der Waals surface area contributed by atoms with Gasteiger partial charge in [0, 0.05) is 11.7 Å². The molecule has 0 atom stereocenters. The molecule has 0 aliphatic carbocycles. The molecule has 18 heavy (non-hydrogen) atoms. The summed E-state index contributed by atoms with van der Waals surface area (Å²) in [6.45, 7) is 10.1. The average molecular weight is 271 g/mol. The van der Waals surface area contributed by atoms with Crippen LogP contribution >= 0.6 is 12.4 Å². The third-order valence-corrected chi connectivity index (χ3v) is 3.67. The first-order valence-corrected chi connectivity index (χ1v) is 5.80. The van der Waals surface area contributed by atoms with Crippen molar-refractivity contribution in [1.29, 1.82) is 0 Å². The van der Waals surface area contributed by atoms with Crippen LogP contribution in [0.2, 0.25) is 0 Å². The zero-order valence-electron chi connectivity index (χ0n) is 11.5. The summed E-state index contributed by atoms with van der Waals surface area (Å²) in [6.07, 6.45) is 1.71. The van der Waals surface area contributed by atoms with E-state index in [0.29, 0.717) is 5.82 Å². The van der Waals surface area contributed by atoms with Gasteiger partial charge in [-0.3, -0.25) is 0 Å². The molecule has 0 aromatic carbocycles. The van der Waals surface area contributed by atoms with Crippen LogP contribution in [0.15, 0.2) is 12.3 Å². The predicted octanol–water partition coefficient (Wildman–Crippen LogP) is 1.69. The van der Waals surface area contributed by atoms with Crippen molar-refractivity contribution in [3.05, 3.63) is 17.8 Å². The summed E-state index contributed by atoms with van der Waals surface area (Å²) in [7, 11) is -0.369. The quantitative estimate of drug-likeness (QED) is 0.789. The van der Waals surface area contributed by atoms with Crippen LogP contribution in [0.1, 0.15) is 33.3 Å². The topological polar surface area (TPSA) is 57.4 Å². The Morgan fingerprint density at radius 1 is 1.17 bits per heavy atom. The van der Waals surface area contributed by atoms with Crippen LogP contribution in [0.5, 0.6) is 0 Å². The van der Waals surface area contributed by atoms with E-state index in [0.717, 1.165) is 11.0 Å². The first-order valence-electron chi connectivity index (χ1n) is 5.80. The van der Waals surface area contributed by atoms with Crippen molar-refractivity contribution in [3.63, 3.8) is 0 Å². The minimum absolute atomic E-state index is 0. The fraction of sp³-hybridized carbons (Fsp3) is 0.583. The number of hydrogen-bond donors (Lipinski definition) is 1. The molecule has 2 rings (SSSR count). The molecule has 0 radical (unpaired) electrons. The minimum Gasteiger partial charge on any atom is -0.399 e. The normalized spacial score (nSPS) is 20.6. The van der Waals surface area contributed by atoms with E-state index in [1.807, 2.05) is 40.7 Å². The van der Waals surface area contributed by atoms with Gasteiger partial charge >= 0.3 is 7.12 Å². The summed E-state index contributed by atoms with van der Waals surface area (Å²) < 4.78 is 11.9. The minimum atomic E-state index is -0.369. The Morgan fingerprint density at radius 2 is 1.67 bits per heavy atom. The van der Waals surface area contributed by atoms with Gasteiger partial charge in [-0.1, -0.05) is 6.07 Å². The maximum Gasteiger partial charge on any atom is 0.496 e. The molecule has 1 aliphatic heterocycles. The second-order valence-electron chi connectivity index (χ2n) is 5.56. The van der Waals surface area contributed by atoms with Crippen molar-refractivity contribution < 1.29 is 9.31 Å². The van der Waals surface area contributed by atoms with Crippen LogP contribution in [0.4, 0.5) is 5.82 Å². The number of aromatic nitrogens is 1. The Morgan fingerprint density at radius 3 is 2.11 bits per heavy atom. The maximum absolute atomic E-state index is 5.94. The van der Waals surface area contributed by atoms with Crippen LogP contribution < -0.4 is 11.2 Å². The van der Waals surface area contributed by atoms with Gasteiger partial charge in [0.2, 0.25) is 0 Å². The summed E-state index contributed by atoms with van der Waals surface area (Å²) >= 11 is 0. The Balaban J connectivity index is 0.00000162. The summed E-state index contributed by atoms with van der Waals surface area (Å²) in [5.41, 5.74) is 6.90. The molecule has 1 saturated heterocycles. The summed E-state index contributed by atoms with van der Waals surface area (Å²) in [5.74, 6) is 0.547. The number of anilines is 1. The second kappa shape index (κ2) is 4.72. The molecule has 100 valence electrons. The Bertz CT molecular complexity index is 436. The van der Waals surface area contributed by atoms with Crippen LogP contribution in [0, 0.1) is 6.92 Å². The van der Waals surface area contributed by atoms with Gasteiger partial charge in [0.1, 0.15) is 5.82 Å². The van der Waals surface area contributed by atoms with E-state index in [-0.39, 0.29) is 30.7 Å². The molecule has 1 aromatic heterocycles. The first-order chi connectivity index (χ1) is 7.73. The molecule has 2 heterocycles. The zero-order chi connectivity index (χ0) is 12.8. The van der Waals surface area contributed by atoms with Gasteiger partial charge < -0.3 is 15.0 Å². The Kier molecular flexibility index (Phi) is 4.01. The largest absolute Gasteiger partial charge is 0.496 e. The SMILES string of the molecule is Cc1cc(B2OC(C)(C)C(C)(C)O2)cnc1N.Cl. The molecule has 0 saturated carbocycles. The van der Waals surface area contributed by atoms with Gasteiger partial charge in [-0.15, -0.1) is 12.4 Å². The standard InChI is InChI=1S/C12H19BN2O2.ClH/c1-8-6-9(7-15-10(8)14)13-16-11(2,3)12(4,5)17-13;/h6-7H,1-5H3,(H2,14,15);1H. The summed E-state index contributed by atoms with van der Waals surface area (Å²) in [5, 5.41) is 0. The van der Waals surface area contributed by atoms with E-state index in [2.05, 4.69) is 4.98 Å². The lowest BCUT2D eigenvalue weighted by Crippen LogP contribution is -2.41. The van der Waals surface area contributed by atoms with Crippen LogP contribution in [0.3, 0.4) is 0 Å². The summed E-state index contributed by atoms with van der Waals surface area (Å²) in [4.78, 5) is 4.14. The highest BCUT2D eigenvalue weighted by Crippen LogP contribution is 2.36. The number of aryl methyl sites for hydroxylation is 1. The van der Waals surface area contributed by atoms with Gasteiger partial charge in [0.05, 0.1) is 11.2 Å². The lowest BCUT2D eigenvalue weighted by Gasteiger charge is -2.32. The fourth-order valence-corrected chi connectivity index (χ4v) is 1.72. The van der Waals surface area contributed by atoms with Gasteiger partial charge in [-0.05, 0) is 40.2 Å². The first kappa shape index (κ1) is 15.3. The molecular formula is C12H20BClN2O2. The molecule has 0 amide bonds. The van der Waals surface area contributed by atoms with E-state index in [9.17, 15) is 0 Å². The van der Waals surface area contributed by atoms with Crippen molar-refractivity contribution in [2.24, 2.45) is 0 Å². The van der Waals surface area contributed by atoms with E-state index >= 15 is 0 Å².